The molecule has 2 saturated carbocycles. The molecule has 4 heteroatoms. The average Bonchev–Trinajstić information content (AvgIpc) is 3.31. The fraction of sp³-hybridized carbons (Fsp3) is 0.500. The highest BCUT2D eigenvalue weighted by atomic mass is 32.1. The van der Waals surface area contributed by atoms with E-state index in [0.717, 1.165) is 12.0 Å². The molecule has 0 saturated heterocycles. The molecule has 0 bridgehead atoms. The number of hydrogen-bond acceptors (Lipinski definition) is 3. The molecule has 1 aromatic carbocycles. The summed E-state index contributed by atoms with van der Waals surface area (Å²) in [5.41, 5.74) is 1.16. The first-order valence-corrected chi connectivity index (χ1v) is 7.83. The second kappa shape index (κ2) is 4.04. The van der Waals surface area contributed by atoms with Gasteiger partial charge in [0.05, 0.1) is 5.54 Å². The number of aliphatic imine (C=N–C) groups is 1. The molecule has 2 fully saturated rings. The SMILES string of the molecule is CC12CC1C1C(C=N2)C1C(=O)Cc1ccc([S+]=O)cc1. The molecular formula is C16H16NO2S+. The third-order valence-electron chi connectivity index (χ3n) is 5.18. The molecule has 5 atom stereocenters. The van der Waals surface area contributed by atoms with E-state index in [9.17, 15) is 9.00 Å². The van der Waals surface area contributed by atoms with Crippen molar-refractivity contribution in [2.75, 3.05) is 0 Å². The second-order valence-electron chi connectivity index (χ2n) is 6.50. The normalized spacial score (nSPS) is 39.6. The van der Waals surface area contributed by atoms with Crippen LogP contribution in [0, 0.1) is 23.7 Å². The largest absolute Gasteiger partial charge is 0.505 e. The Balaban J connectivity index is 1.45. The Labute approximate surface area is 122 Å². The first-order valence-electron chi connectivity index (χ1n) is 7.09. The van der Waals surface area contributed by atoms with E-state index >= 15 is 0 Å². The van der Waals surface area contributed by atoms with Gasteiger partial charge in [0, 0.05) is 40.8 Å². The summed E-state index contributed by atoms with van der Waals surface area (Å²) in [6.07, 6.45) is 3.68. The van der Waals surface area contributed by atoms with Gasteiger partial charge in [0.1, 0.15) is 5.78 Å². The average molecular weight is 286 g/mol. The van der Waals surface area contributed by atoms with Crippen molar-refractivity contribution in [2.45, 2.75) is 30.2 Å². The Hall–Kier alpha value is -1.42. The van der Waals surface area contributed by atoms with Gasteiger partial charge < -0.3 is 0 Å². The molecular weight excluding hydrogens is 270 g/mol. The van der Waals surface area contributed by atoms with Crippen LogP contribution >= 0.6 is 0 Å². The van der Waals surface area contributed by atoms with Crippen molar-refractivity contribution < 1.29 is 9.00 Å². The Bertz CT molecular complexity index is 624. The van der Waals surface area contributed by atoms with Crippen molar-refractivity contribution in [2.24, 2.45) is 28.7 Å². The highest BCUT2D eigenvalue weighted by molar-refractivity contribution is 7.65. The van der Waals surface area contributed by atoms with E-state index in [4.69, 9.17) is 0 Å². The third kappa shape index (κ3) is 1.78. The minimum absolute atomic E-state index is 0.156. The predicted molar refractivity (Wildman–Crippen MR) is 76.9 cm³/mol. The fourth-order valence-electron chi connectivity index (χ4n) is 3.82. The Morgan fingerprint density at radius 3 is 2.85 bits per heavy atom. The molecule has 3 nitrogen and oxygen atoms in total. The molecule has 5 unspecified atom stereocenters. The summed E-state index contributed by atoms with van der Waals surface area (Å²) in [5.74, 6) is 2.14. The van der Waals surface area contributed by atoms with Crippen LogP contribution in [0.25, 0.3) is 0 Å². The van der Waals surface area contributed by atoms with E-state index in [1.807, 2.05) is 18.3 Å². The molecule has 1 aromatic rings. The second-order valence-corrected chi connectivity index (χ2v) is 7.13. The van der Waals surface area contributed by atoms with E-state index in [1.165, 1.54) is 0 Å². The number of Topliss-reactive ketones (excluding diaryl/α,β-unsaturated/α-hetero) is 1. The van der Waals surface area contributed by atoms with Crippen LogP contribution in [0.5, 0.6) is 0 Å². The maximum absolute atomic E-state index is 12.4. The quantitative estimate of drug-likeness (QED) is 0.797. The lowest BCUT2D eigenvalue weighted by Gasteiger charge is -2.07. The van der Waals surface area contributed by atoms with Crippen molar-refractivity contribution in [1.82, 2.24) is 0 Å². The molecule has 1 aliphatic heterocycles. The molecule has 0 radical (unpaired) electrons. The summed E-state index contributed by atoms with van der Waals surface area (Å²) in [4.78, 5) is 17.7. The molecule has 0 aromatic heterocycles. The molecule has 1 heterocycles. The van der Waals surface area contributed by atoms with Crippen LogP contribution in [-0.2, 0) is 27.1 Å². The van der Waals surface area contributed by atoms with Crippen LogP contribution in [0.3, 0.4) is 0 Å². The highest BCUT2D eigenvalue weighted by Gasteiger charge is 2.69. The molecule has 20 heavy (non-hydrogen) atoms. The van der Waals surface area contributed by atoms with Crippen LogP contribution in [0.2, 0.25) is 0 Å². The van der Waals surface area contributed by atoms with Crippen LogP contribution in [-0.4, -0.2) is 17.5 Å². The van der Waals surface area contributed by atoms with E-state index in [2.05, 4.69) is 11.9 Å². The summed E-state index contributed by atoms with van der Waals surface area (Å²) >= 11 is 0.484. The van der Waals surface area contributed by atoms with Crippen molar-refractivity contribution in [3.8, 4) is 0 Å². The summed E-state index contributed by atoms with van der Waals surface area (Å²) < 4.78 is 10.7. The van der Waals surface area contributed by atoms with Gasteiger partial charge in [-0.2, -0.15) is 0 Å². The smallest absolute Gasteiger partial charge is 0.299 e. The Morgan fingerprint density at radius 1 is 1.40 bits per heavy atom. The molecule has 2 aliphatic carbocycles. The first kappa shape index (κ1) is 12.3. The Morgan fingerprint density at radius 2 is 2.15 bits per heavy atom. The van der Waals surface area contributed by atoms with Crippen molar-refractivity contribution in [1.29, 1.82) is 0 Å². The number of rotatable bonds is 4. The summed E-state index contributed by atoms with van der Waals surface area (Å²) in [7, 11) is 0. The number of hydrogen-bond donors (Lipinski definition) is 0. The van der Waals surface area contributed by atoms with Crippen LogP contribution < -0.4 is 0 Å². The molecule has 0 spiro atoms. The van der Waals surface area contributed by atoms with Gasteiger partial charge in [0.15, 0.2) is 0 Å². The van der Waals surface area contributed by atoms with E-state index in [1.54, 1.807) is 12.1 Å². The van der Waals surface area contributed by atoms with E-state index in [-0.39, 0.29) is 11.5 Å². The number of ketones is 1. The lowest BCUT2D eigenvalue weighted by atomic mass is 10.0. The van der Waals surface area contributed by atoms with Gasteiger partial charge in [-0.05, 0) is 30.7 Å². The Kier molecular flexibility index (Phi) is 2.49. The number of carbonyl (C=O) groups is 1. The van der Waals surface area contributed by atoms with Gasteiger partial charge >= 0.3 is 11.7 Å². The maximum Gasteiger partial charge on any atom is 0.505 e. The molecule has 0 N–H and O–H groups in total. The van der Waals surface area contributed by atoms with Gasteiger partial charge in [-0.3, -0.25) is 9.79 Å². The predicted octanol–water partition coefficient (Wildman–Crippen LogP) is 2.31. The molecule has 0 amide bonds. The zero-order valence-corrected chi connectivity index (χ0v) is 12.1. The van der Waals surface area contributed by atoms with Gasteiger partial charge in [0.2, 0.25) is 0 Å². The van der Waals surface area contributed by atoms with Crippen LogP contribution in [0.1, 0.15) is 18.9 Å². The number of nitrogens with zero attached hydrogens (tertiary/aromatic N) is 1. The summed E-state index contributed by atoms with van der Waals surface area (Å²) in [6, 6.07) is 7.36. The summed E-state index contributed by atoms with van der Waals surface area (Å²) in [5, 5.41) is 0. The maximum atomic E-state index is 12.4. The van der Waals surface area contributed by atoms with Crippen molar-refractivity contribution >= 4 is 23.7 Å². The monoisotopic (exact) mass is 286 g/mol. The topological polar surface area (TPSA) is 46.5 Å². The lowest BCUT2D eigenvalue weighted by molar-refractivity contribution is -0.120. The van der Waals surface area contributed by atoms with E-state index in [0.29, 0.717) is 46.5 Å². The standard InChI is InChI=1S/C16H16NO2S/c1-16-7-12(16)14-11(8-17-16)15(14)13(18)6-9-2-4-10(20-19)5-3-9/h2-5,8,11-12,14-15H,6-7H2,1H3/q+1. The number of carbonyl (C=O) groups excluding carboxylic acids is 1. The minimum Gasteiger partial charge on any atom is -0.299 e. The zero-order valence-electron chi connectivity index (χ0n) is 11.3. The number of benzene rings is 1. The van der Waals surface area contributed by atoms with Gasteiger partial charge in [-0.1, -0.05) is 12.1 Å². The summed E-state index contributed by atoms with van der Waals surface area (Å²) in [6.45, 7) is 2.20. The van der Waals surface area contributed by atoms with E-state index < -0.39 is 0 Å². The molecule has 3 aliphatic rings. The zero-order chi connectivity index (χ0) is 13.9. The van der Waals surface area contributed by atoms with Crippen molar-refractivity contribution in [3.63, 3.8) is 0 Å². The van der Waals surface area contributed by atoms with Crippen LogP contribution in [0.4, 0.5) is 0 Å². The van der Waals surface area contributed by atoms with Gasteiger partial charge in [0.25, 0.3) is 4.90 Å². The van der Waals surface area contributed by atoms with Gasteiger partial charge in [-0.25, -0.2) is 0 Å². The minimum atomic E-state index is 0.156. The molecule has 4 rings (SSSR count). The third-order valence-corrected chi connectivity index (χ3v) is 5.65. The highest BCUT2D eigenvalue weighted by Crippen LogP contribution is 2.67. The fourth-order valence-corrected chi connectivity index (χ4v) is 4.07. The lowest BCUT2D eigenvalue weighted by Crippen LogP contribution is -2.10. The van der Waals surface area contributed by atoms with Gasteiger partial charge in [-0.15, -0.1) is 0 Å². The van der Waals surface area contributed by atoms with Crippen molar-refractivity contribution in [3.05, 3.63) is 29.8 Å². The van der Waals surface area contributed by atoms with Crippen LogP contribution in [0.15, 0.2) is 34.2 Å². The number of fused-ring (bicyclic) bond motifs is 3. The molecule has 102 valence electrons. The first-order chi connectivity index (χ1) is 9.62.